The number of ether oxygens (including phenoxy) is 1. The van der Waals surface area contributed by atoms with Gasteiger partial charge in [0.15, 0.2) is 0 Å². The molecule has 1 aromatic carbocycles. The summed E-state index contributed by atoms with van der Waals surface area (Å²) in [4.78, 5) is 12.2. The Morgan fingerprint density at radius 2 is 2.15 bits per heavy atom. The summed E-state index contributed by atoms with van der Waals surface area (Å²) in [7, 11) is 1.55. The van der Waals surface area contributed by atoms with Gasteiger partial charge in [-0.2, -0.15) is 0 Å². The Hall–Kier alpha value is -1.22. The van der Waals surface area contributed by atoms with Crippen LogP contribution >= 0.6 is 11.6 Å². The van der Waals surface area contributed by atoms with E-state index in [4.69, 9.17) is 16.3 Å². The van der Waals surface area contributed by atoms with Crippen LogP contribution in [0.2, 0.25) is 5.02 Å². The highest BCUT2D eigenvalue weighted by atomic mass is 35.5. The average Bonchev–Trinajstić information content (AvgIpc) is 2.47. The van der Waals surface area contributed by atoms with Gasteiger partial charge in [-0.05, 0) is 30.5 Å². The van der Waals surface area contributed by atoms with Crippen LogP contribution in [0.4, 0.5) is 0 Å². The van der Waals surface area contributed by atoms with Crippen LogP contribution in [0, 0.1) is 5.92 Å². The molecule has 0 aliphatic heterocycles. The summed E-state index contributed by atoms with van der Waals surface area (Å²) < 4.78 is 5.20. The van der Waals surface area contributed by atoms with E-state index in [1.807, 2.05) is 0 Å². The first kappa shape index (κ1) is 16.8. The Morgan fingerprint density at radius 1 is 1.40 bits per heavy atom. The molecule has 20 heavy (non-hydrogen) atoms. The van der Waals surface area contributed by atoms with Gasteiger partial charge in [0, 0.05) is 11.6 Å². The first-order valence-corrected chi connectivity index (χ1v) is 7.61. The van der Waals surface area contributed by atoms with Gasteiger partial charge in [-0.25, -0.2) is 0 Å². The van der Waals surface area contributed by atoms with Gasteiger partial charge in [-0.1, -0.05) is 44.7 Å². The van der Waals surface area contributed by atoms with Crippen LogP contribution in [0.3, 0.4) is 0 Å². The van der Waals surface area contributed by atoms with Crippen molar-refractivity contribution in [2.45, 2.75) is 39.5 Å². The van der Waals surface area contributed by atoms with E-state index in [0.29, 0.717) is 28.8 Å². The first-order valence-electron chi connectivity index (χ1n) is 7.24. The molecule has 0 saturated carbocycles. The summed E-state index contributed by atoms with van der Waals surface area (Å²) in [5.41, 5.74) is 0.491. The Bertz CT molecular complexity index is 434. The fraction of sp³-hybridized carbons (Fsp3) is 0.562. The quantitative estimate of drug-likeness (QED) is 0.777. The monoisotopic (exact) mass is 297 g/mol. The topological polar surface area (TPSA) is 38.3 Å². The van der Waals surface area contributed by atoms with E-state index in [0.717, 1.165) is 12.8 Å². The van der Waals surface area contributed by atoms with Gasteiger partial charge in [0.1, 0.15) is 5.75 Å². The first-order chi connectivity index (χ1) is 9.62. The summed E-state index contributed by atoms with van der Waals surface area (Å²) in [5, 5.41) is 3.52. The van der Waals surface area contributed by atoms with Crippen LogP contribution in [0.25, 0.3) is 0 Å². The second-order valence-corrected chi connectivity index (χ2v) is 5.41. The smallest absolute Gasteiger partial charge is 0.255 e. The average molecular weight is 298 g/mol. The lowest BCUT2D eigenvalue weighted by atomic mass is 9.99. The van der Waals surface area contributed by atoms with Crippen LogP contribution < -0.4 is 10.1 Å². The van der Waals surface area contributed by atoms with E-state index in [2.05, 4.69) is 19.2 Å². The van der Waals surface area contributed by atoms with Crippen LogP contribution in [0.1, 0.15) is 49.9 Å². The standard InChI is InChI=1S/C16H24ClNO2/c1-4-6-7-12(5-2)11-18-16(19)14-10-13(17)8-9-15(14)20-3/h8-10,12H,4-7,11H2,1-3H3,(H,18,19). The number of hydrogen-bond donors (Lipinski definition) is 1. The van der Waals surface area contributed by atoms with Crippen molar-refractivity contribution >= 4 is 17.5 Å². The lowest BCUT2D eigenvalue weighted by Crippen LogP contribution is -2.29. The molecule has 0 radical (unpaired) electrons. The molecule has 112 valence electrons. The largest absolute Gasteiger partial charge is 0.496 e. The Balaban J connectivity index is 2.64. The number of rotatable bonds is 8. The Labute approximate surface area is 126 Å². The Morgan fingerprint density at radius 3 is 2.75 bits per heavy atom. The van der Waals surface area contributed by atoms with Crippen molar-refractivity contribution in [2.75, 3.05) is 13.7 Å². The molecule has 0 aliphatic carbocycles. The second-order valence-electron chi connectivity index (χ2n) is 4.97. The minimum Gasteiger partial charge on any atom is -0.496 e. The summed E-state index contributed by atoms with van der Waals surface area (Å²) in [6, 6.07) is 5.07. The number of methoxy groups -OCH3 is 1. The van der Waals surface area contributed by atoms with Gasteiger partial charge in [0.2, 0.25) is 0 Å². The summed E-state index contributed by atoms with van der Waals surface area (Å²) in [5.74, 6) is 0.955. The minimum absolute atomic E-state index is 0.126. The maximum absolute atomic E-state index is 12.2. The molecule has 0 fully saturated rings. The van der Waals surface area contributed by atoms with Gasteiger partial charge in [0.25, 0.3) is 5.91 Å². The molecule has 3 nitrogen and oxygen atoms in total. The minimum atomic E-state index is -0.126. The molecule has 1 N–H and O–H groups in total. The van der Waals surface area contributed by atoms with Crippen molar-refractivity contribution in [3.8, 4) is 5.75 Å². The van der Waals surface area contributed by atoms with E-state index < -0.39 is 0 Å². The van der Waals surface area contributed by atoms with E-state index in [1.165, 1.54) is 12.8 Å². The lowest BCUT2D eigenvalue weighted by Gasteiger charge is -2.16. The number of halogens is 1. The normalized spacial score (nSPS) is 12.0. The predicted octanol–water partition coefficient (Wildman–Crippen LogP) is 4.29. The van der Waals surface area contributed by atoms with Crippen molar-refractivity contribution in [2.24, 2.45) is 5.92 Å². The summed E-state index contributed by atoms with van der Waals surface area (Å²) in [6.45, 7) is 5.04. The van der Waals surface area contributed by atoms with E-state index in [1.54, 1.807) is 25.3 Å². The van der Waals surface area contributed by atoms with Crippen molar-refractivity contribution in [3.05, 3.63) is 28.8 Å². The maximum Gasteiger partial charge on any atom is 0.255 e. The molecule has 0 bridgehead atoms. The third-order valence-corrected chi connectivity index (χ3v) is 3.74. The highest BCUT2D eigenvalue weighted by Crippen LogP contribution is 2.22. The molecule has 4 heteroatoms. The number of unbranched alkanes of at least 4 members (excludes halogenated alkanes) is 1. The predicted molar refractivity (Wildman–Crippen MR) is 83.6 cm³/mol. The maximum atomic E-state index is 12.2. The summed E-state index contributed by atoms with van der Waals surface area (Å²) in [6.07, 6.45) is 4.62. The molecule has 1 aromatic rings. The van der Waals surface area contributed by atoms with Crippen LogP contribution in [0.5, 0.6) is 5.75 Å². The summed E-state index contributed by atoms with van der Waals surface area (Å²) >= 11 is 5.94. The van der Waals surface area contributed by atoms with Gasteiger partial charge in [-0.3, -0.25) is 4.79 Å². The molecule has 0 aliphatic rings. The molecule has 1 atom stereocenters. The van der Waals surface area contributed by atoms with Crippen molar-refractivity contribution in [1.29, 1.82) is 0 Å². The molecule has 1 unspecified atom stereocenters. The van der Waals surface area contributed by atoms with E-state index >= 15 is 0 Å². The van der Waals surface area contributed by atoms with Gasteiger partial charge in [0.05, 0.1) is 12.7 Å². The highest BCUT2D eigenvalue weighted by molar-refractivity contribution is 6.31. The third kappa shape index (κ3) is 5.04. The molecule has 0 aromatic heterocycles. The molecule has 1 amide bonds. The van der Waals surface area contributed by atoms with Gasteiger partial charge < -0.3 is 10.1 Å². The molecular formula is C16H24ClNO2. The number of amides is 1. The van der Waals surface area contributed by atoms with E-state index in [-0.39, 0.29) is 5.91 Å². The fourth-order valence-electron chi connectivity index (χ4n) is 2.13. The molecular weight excluding hydrogens is 274 g/mol. The van der Waals surface area contributed by atoms with Crippen LogP contribution in [-0.2, 0) is 0 Å². The van der Waals surface area contributed by atoms with Gasteiger partial charge in [-0.15, -0.1) is 0 Å². The van der Waals surface area contributed by atoms with Crippen LogP contribution in [-0.4, -0.2) is 19.6 Å². The number of hydrogen-bond acceptors (Lipinski definition) is 2. The number of benzene rings is 1. The number of carbonyl (C=O) groups excluding carboxylic acids is 1. The van der Waals surface area contributed by atoms with Crippen molar-refractivity contribution in [3.63, 3.8) is 0 Å². The number of carbonyl (C=O) groups is 1. The van der Waals surface area contributed by atoms with Gasteiger partial charge >= 0.3 is 0 Å². The SMILES string of the molecule is CCCCC(CC)CNC(=O)c1cc(Cl)ccc1OC. The van der Waals surface area contributed by atoms with Crippen LogP contribution in [0.15, 0.2) is 18.2 Å². The third-order valence-electron chi connectivity index (χ3n) is 3.50. The van der Waals surface area contributed by atoms with E-state index in [9.17, 15) is 4.79 Å². The molecule has 1 rings (SSSR count). The zero-order chi connectivity index (χ0) is 15.0. The second kappa shape index (κ2) is 8.85. The molecule has 0 heterocycles. The van der Waals surface area contributed by atoms with Crippen molar-refractivity contribution < 1.29 is 9.53 Å². The zero-order valence-corrected chi connectivity index (χ0v) is 13.3. The lowest BCUT2D eigenvalue weighted by molar-refractivity contribution is 0.0943. The highest BCUT2D eigenvalue weighted by Gasteiger charge is 2.14. The molecule has 0 spiro atoms. The van der Waals surface area contributed by atoms with Crippen molar-refractivity contribution in [1.82, 2.24) is 5.32 Å². The number of nitrogens with one attached hydrogen (secondary N) is 1. The Kier molecular flexibility index (Phi) is 7.45. The molecule has 0 saturated heterocycles. The zero-order valence-electron chi connectivity index (χ0n) is 12.5. The fourth-order valence-corrected chi connectivity index (χ4v) is 2.31.